The summed E-state index contributed by atoms with van der Waals surface area (Å²) in [7, 11) is 0. The molecule has 1 N–H and O–H groups in total. The van der Waals surface area contributed by atoms with Crippen LogP contribution in [0.15, 0.2) is 34.9 Å². The highest BCUT2D eigenvalue weighted by atomic mass is 35.5. The van der Waals surface area contributed by atoms with Crippen molar-refractivity contribution in [1.29, 1.82) is 0 Å². The summed E-state index contributed by atoms with van der Waals surface area (Å²) in [4.78, 5) is 25.2. The van der Waals surface area contributed by atoms with Crippen LogP contribution in [-0.4, -0.2) is 39.6 Å². The van der Waals surface area contributed by atoms with E-state index in [2.05, 4.69) is 5.16 Å². The first kappa shape index (κ1) is 15.6. The van der Waals surface area contributed by atoms with Crippen LogP contribution in [0.2, 0.25) is 5.02 Å². The Morgan fingerprint density at radius 3 is 2.78 bits per heavy atom. The Labute approximate surface area is 137 Å². The summed E-state index contributed by atoms with van der Waals surface area (Å²) in [5.74, 6) is -1.36. The van der Waals surface area contributed by atoms with Crippen LogP contribution < -0.4 is 0 Å². The second kappa shape index (κ2) is 6.04. The summed E-state index contributed by atoms with van der Waals surface area (Å²) in [6.45, 7) is 2.13. The predicted molar refractivity (Wildman–Crippen MR) is 83.2 cm³/mol. The van der Waals surface area contributed by atoms with Crippen molar-refractivity contribution in [2.75, 3.05) is 6.54 Å². The van der Waals surface area contributed by atoms with Crippen LogP contribution in [0.3, 0.4) is 0 Å². The van der Waals surface area contributed by atoms with E-state index in [1.54, 1.807) is 25.1 Å². The first-order valence-electron chi connectivity index (χ1n) is 7.24. The van der Waals surface area contributed by atoms with Gasteiger partial charge >= 0.3 is 5.97 Å². The van der Waals surface area contributed by atoms with Crippen LogP contribution in [0.4, 0.5) is 0 Å². The maximum atomic E-state index is 12.5. The first-order valence-corrected chi connectivity index (χ1v) is 7.62. The maximum absolute atomic E-state index is 12.5. The Morgan fingerprint density at radius 1 is 1.39 bits per heavy atom. The largest absolute Gasteiger partial charge is 0.481 e. The van der Waals surface area contributed by atoms with Gasteiger partial charge in [0.25, 0.3) is 5.91 Å². The van der Waals surface area contributed by atoms with Crippen LogP contribution in [0.5, 0.6) is 0 Å². The van der Waals surface area contributed by atoms with Gasteiger partial charge < -0.3 is 14.5 Å². The Balaban J connectivity index is 1.82. The van der Waals surface area contributed by atoms with Crippen LogP contribution >= 0.6 is 11.6 Å². The molecule has 0 spiro atoms. The van der Waals surface area contributed by atoms with Crippen molar-refractivity contribution in [2.45, 2.75) is 19.4 Å². The van der Waals surface area contributed by atoms with E-state index >= 15 is 0 Å². The zero-order valence-electron chi connectivity index (χ0n) is 12.4. The molecule has 0 saturated carbocycles. The van der Waals surface area contributed by atoms with Crippen LogP contribution in [0.1, 0.15) is 23.8 Å². The number of carbonyl (C=O) groups excluding carboxylic acids is 1. The molecule has 7 heteroatoms. The molecule has 1 amide bonds. The fraction of sp³-hybridized carbons (Fsp3) is 0.312. The molecule has 2 heterocycles. The number of likely N-dealkylation sites (tertiary alicyclic amines) is 1. The SMILES string of the molecule is CC1C(C(=O)O)CCN1C(=O)c1cc(-c2ccccc2Cl)on1. The van der Waals surface area contributed by atoms with Gasteiger partial charge in [0.2, 0.25) is 0 Å². The molecule has 0 radical (unpaired) electrons. The normalized spacial score (nSPS) is 20.7. The van der Waals surface area contributed by atoms with Crippen molar-refractivity contribution in [3.8, 4) is 11.3 Å². The number of amides is 1. The quantitative estimate of drug-likeness (QED) is 0.933. The molecule has 1 aromatic carbocycles. The molecule has 1 fully saturated rings. The average Bonchev–Trinajstić information content (AvgIpc) is 3.14. The lowest BCUT2D eigenvalue weighted by Gasteiger charge is -2.21. The third-order valence-electron chi connectivity index (χ3n) is 4.20. The molecule has 0 aliphatic carbocycles. The lowest BCUT2D eigenvalue weighted by Crippen LogP contribution is -2.37. The topological polar surface area (TPSA) is 83.6 Å². The summed E-state index contributed by atoms with van der Waals surface area (Å²) < 4.78 is 5.22. The van der Waals surface area contributed by atoms with Crippen molar-refractivity contribution in [1.82, 2.24) is 10.1 Å². The highest BCUT2D eigenvalue weighted by Crippen LogP contribution is 2.30. The second-order valence-corrected chi connectivity index (χ2v) is 5.94. The summed E-state index contributed by atoms with van der Waals surface area (Å²) in [5.41, 5.74) is 0.802. The van der Waals surface area contributed by atoms with Gasteiger partial charge in [0, 0.05) is 24.2 Å². The predicted octanol–water partition coefficient (Wildman–Crippen LogP) is 2.93. The summed E-state index contributed by atoms with van der Waals surface area (Å²) in [6.07, 6.45) is 0.442. The standard InChI is InChI=1S/C16H15ClN2O4/c1-9-10(16(21)22)6-7-19(9)15(20)13-8-14(23-18-13)11-4-2-3-5-12(11)17/h2-5,8-10H,6-7H2,1H3,(H,21,22). The van der Waals surface area contributed by atoms with Crippen LogP contribution in [0.25, 0.3) is 11.3 Å². The van der Waals surface area contributed by atoms with Gasteiger partial charge in [0.1, 0.15) is 0 Å². The maximum Gasteiger partial charge on any atom is 0.308 e. The van der Waals surface area contributed by atoms with E-state index in [0.29, 0.717) is 29.3 Å². The van der Waals surface area contributed by atoms with Gasteiger partial charge in [0.15, 0.2) is 11.5 Å². The third-order valence-corrected chi connectivity index (χ3v) is 4.53. The van der Waals surface area contributed by atoms with Crippen molar-refractivity contribution >= 4 is 23.5 Å². The number of benzene rings is 1. The monoisotopic (exact) mass is 334 g/mol. The molecule has 1 aliphatic rings. The van der Waals surface area contributed by atoms with Crippen molar-refractivity contribution < 1.29 is 19.2 Å². The van der Waals surface area contributed by atoms with Crippen molar-refractivity contribution in [3.05, 3.63) is 41.0 Å². The Kier molecular flexibility index (Phi) is 4.09. The van der Waals surface area contributed by atoms with Crippen molar-refractivity contribution in [2.24, 2.45) is 5.92 Å². The zero-order valence-corrected chi connectivity index (χ0v) is 13.2. The van der Waals surface area contributed by atoms with Gasteiger partial charge in [0.05, 0.1) is 10.9 Å². The van der Waals surface area contributed by atoms with Gasteiger partial charge in [-0.05, 0) is 25.5 Å². The van der Waals surface area contributed by atoms with Gasteiger partial charge in [-0.3, -0.25) is 9.59 Å². The van der Waals surface area contributed by atoms with Gasteiger partial charge in [-0.25, -0.2) is 0 Å². The number of rotatable bonds is 3. The Morgan fingerprint density at radius 2 is 2.13 bits per heavy atom. The first-order chi connectivity index (χ1) is 11.0. The van der Waals surface area contributed by atoms with E-state index in [0.717, 1.165) is 0 Å². The minimum atomic E-state index is -0.885. The molecule has 23 heavy (non-hydrogen) atoms. The number of carboxylic acid groups (broad SMARTS) is 1. The number of aromatic nitrogens is 1. The van der Waals surface area contributed by atoms with Crippen LogP contribution in [0, 0.1) is 5.92 Å². The number of hydrogen-bond acceptors (Lipinski definition) is 4. The molecule has 1 aliphatic heterocycles. The molecule has 6 nitrogen and oxygen atoms in total. The second-order valence-electron chi connectivity index (χ2n) is 5.53. The van der Waals surface area contributed by atoms with E-state index in [-0.39, 0.29) is 17.6 Å². The van der Waals surface area contributed by atoms with Gasteiger partial charge in [-0.2, -0.15) is 0 Å². The molecule has 3 rings (SSSR count). The summed E-state index contributed by atoms with van der Waals surface area (Å²) in [5, 5.41) is 13.5. The average molecular weight is 335 g/mol. The lowest BCUT2D eigenvalue weighted by atomic mass is 10.0. The number of carboxylic acids is 1. The van der Waals surface area contributed by atoms with Crippen LogP contribution in [-0.2, 0) is 4.79 Å². The van der Waals surface area contributed by atoms with E-state index in [4.69, 9.17) is 21.2 Å². The zero-order chi connectivity index (χ0) is 16.6. The molecular weight excluding hydrogens is 320 g/mol. The highest BCUT2D eigenvalue weighted by Gasteiger charge is 2.39. The number of carbonyl (C=O) groups is 2. The number of nitrogens with zero attached hydrogens (tertiary/aromatic N) is 2. The number of hydrogen-bond donors (Lipinski definition) is 1. The molecule has 120 valence electrons. The molecule has 1 aromatic heterocycles. The van der Waals surface area contributed by atoms with E-state index < -0.39 is 11.9 Å². The minimum Gasteiger partial charge on any atom is -0.481 e. The smallest absolute Gasteiger partial charge is 0.308 e. The van der Waals surface area contributed by atoms with Crippen molar-refractivity contribution in [3.63, 3.8) is 0 Å². The highest BCUT2D eigenvalue weighted by molar-refractivity contribution is 6.33. The van der Waals surface area contributed by atoms with E-state index in [9.17, 15) is 9.59 Å². The minimum absolute atomic E-state index is 0.151. The fourth-order valence-corrected chi connectivity index (χ4v) is 3.10. The van der Waals surface area contributed by atoms with E-state index in [1.165, 1.54) is 11.0 Å². The molecule has 2 unspecified atom stereocenters. The van der Waals surface area contributed by atoms with Gasteiger partial charge in [-0.15, -0.1) is 0 Å². The van der Waals surface area contributed by atoms with Gasteiger partial charge in [-0.1, -0.05) is 28.9 Å². The Bertz CT molecular complexity index is 758. The molecule has 1 saturated heterocycles. The molecule has 2 atom stereocenters. The molecular formula is C16H15ClN2O4. The fourth-order valence-electron chi connectivity index (χ4n) is 2.87. The number of aliphatic carboxylic acids is 1. The molecule has 0 bridgehead atoms. The number of halogens is 1. The lowest BCUT2D eigenvalue weighted by molar-refractivity contribution is -0.142. The summed E-state index contributed by atoms with van der Waals surface area (Å²) in [6, 6.07) is 8.26. The summed E-state index contributed by atoms with van der Waals surface area (Å²) >= 11 is 6.10. The third kappa shape index (κ3) is 2.82. The molecule has 2 aromatic rings. The Hall–Kier alpha value is -2.34. The van der Waals surface area contributed by atoms with E-state index in [1.807, 2.05) is 6.07 Å².